The van der Waals surface area contributed by atoms with Crippen molar-refractivity contribution in [1.82, 2.24) is 4.98 Å². The number of amides is 1. The van der Waals surface area contributed by atoms with Gasteiger partial charge < -0.3 is 16.4 Å². The largest absolute Gasteiger partial charge is 0.389 e. The third kappa shape index (κ3) is 2.43. The van der Waals surface area contributed by atoms with Gasteiger partial charge in [-0.1, -0.05) is 12.2 Å². The second-order valence-corrected chi connectivity index (χ2v) is 4.96. The Labute approximate surface area is 111 Å². The minimum absolute atomic E-state index is 0.119. The van der Waals surface area contributed by atoms with E-state index in [9.17, 15) is 4.79 Å². The van der Waals surface area contributed by atoms with E-state index in [1.54, 1.807) is 0 Å². The van der Waals surface area contributed by atoms with E-state index in [-0.39, 0.29) is 11.8 Å². The number of pyridine rings is 1. The molecule has 0 aliphatic carbocycles. The van der Waals surface area contributed by atoms with E-state index in [2.05, 4.69) is 4.98 Å². The lowest BCUT2D eigenvalue weighted by Gasteiger charge is -2.20. The molecule has 96 valence electrons. The number of carbonyl (C=O) groups excluding carboxylic acids is 1. The fraction of sp³-hybridized carbons (Fsp3) is 0.417. The standard InChI is InChI=1S/C12H16N4OS/c1-7-2-3-9(11(14)18)12(15-7)16-5-4-8(6-16)10(13)17/h2-3,8H,4-6H2,1H3,(H2,13,17)(H2,14,18). The summed E-state index contributed by atoms with van der Waals surface area (Å²) in [5, 5.41) is 0. The van der Waals surface area contributed by atoms with Gasteiger partial charge in [-0.05, 0) is 25.5 Å². The third-order valence-electron chi connectivity index (χ3n) is 3.17. The Hall–Kier alpha value is -1.69. The zero-order chi connectivity index (χ0) is 13.3. The summed E-state index contributed by atoms with van der Waals surface area (Å²) in [5.74, 6) is 0.375. The number of aryl methyl sites for hydroxylation is 1. The van der Waals surface area contributed by atoms with Gasteiger partial charge in [-0.15, -0.1) is 0 Å². The van der Waals surface area contributed by atoms with Crippen LogP contribution in [0.1, 0.15) is 17.7 Å². The number of hydrogen-bond acceptors (Lipinski definition) is 4. The zero-order valence-corrected chi connectivity index (χ0v) is 11.0. The molecule has 1 aromatic heterocycles. The number of nitrogens with zero attached hydrogens (tertiary/aromatic N) is 2. The van der Waals surface area contributed by atoms with Gasteiger partial charge in [-0.2, -0.15) is 0 Å². The van der Waals surface area contributed by atoms with Crippen molar-refractivity contribution in [3.05, 3.63) is 23.4 Å². The maximum absolute atomic E-state index is 11.2. The van der Waals surface area contributed by atoms with Crippen molar-refractivity contribution >= 4 is 28.9 Å². The number of nitrogens with two attached hydrogens (primary N) is 2. The Bertz CT molecular complexity index is 503. The quantitative estimate of drug-likeness (QED) is 0.769. The van der Waals surface area contributed by atoms with Crippen LogP contribution in [-0.4, -0.2) is 29.0 Å². The molecule has 1 aliphatic rings. The Morgan fingerprint density at radius 1 is 1.50 bits per heavy atom. The first-order valence-corrected chi connectivity index (χ1v) is 6.21. The molecule has 0 spiro atoms. The van der Waals surface area contributed by atoms with E-state index in [0.717, 1.165) is 30.0 Å². The van der Waals surface area contributed by atoms with E-state index >= 15 is 0 Å². The number of carbonyl (C=O) groups is 1. The molecular weight excluding hydrogens is 248 g/mol. The molecule has 1 aromatic rings. The highest BCUT2D eigenvalue weighted by molar-refractivity contribution is 7.80. The summed E-state index contributed by atoms with van der Waals surface area (Å²) in [7, 11) is 0. The molecule has 2 heterocycles. The topological polar surface area (TPSA) is 85.2 Å². The number of rotatable bonds is 3. The molecule has 1 amide bonds. The highest BCUT2D eigenvalue weighted by Gasteiger charge is 2.29. The van der Waals surface area contributed by atoms with Gasteiger partial charge in [0.15, 0.2) is 0 Å². The Balaban J connectivity index is 2.31. The first-order valence-electron chi connectivity index (χ1n) is 5.80. The Morgan fingerprint density at radius 3 is 2.78 bits per heavy atom. The second kappa shape index (κ2) is 4.89. The Morgan fingerprint density at radius 2 is 2.22 bits per heavy atom. The van der Waals surface area contributed by atoms with Crippen LogP contribution in [-0.2, 0) is 4.79 Å². The summed E-state index contributed by atoms with van der Waals surface area (Å²) < 4.78 is 0. The molecule has 4 N–H and O–H groups in total. The van der Waals surface area contributed by atoms with E-state index < -0.39 is 0 Å². The summed E-state index contributed by atoms with van der Waals surface area (Å²) in [5.41, 5.74) is 12.7. The smallest absolute Gasteiger partial charge is 0.222 e. The molecule has 0 aromatic carbocycles. The number of aromatic nitrogens is 1. The second-order valence-electron chi connectivity index (χ2n) is 4.52. The lowest BCUT2D eigenvalue weighted by Crippen LogP contribution is -2.29. The zero-order valence-electron chi connectivity index (χ0n) is 10.2. The minimum Gasteiger partial charge on any atom is -0.389 e. The van der Waals surface area contributed by atoms with Gasteiger partial charge in [0.25, 0.3) is 0 Å². The molecule has 6 heteroatoms. The minimum atomic E-state index is -0.262. The molecule has 1 aliphatic heterocycles. The van der Waals surface area contributed by atoms with Crippen molar-refractivity contribution in [2.75, 3.05) is 18.0 Å². The fourth-order valence-electron chi connectivity index (χ4n) is 2.16. The molecule has 18 heavy (non-hydrogen) atoms. The van der Waals surface area contributed by atoms with Crippen LogP contribution < -0.4 is 16.4 Å². The summed E-state index contributed by atoms with van der Waals surface area (Å²) in [6.07, 6.45) is 0.752. The van der Waals surface area contributed by atoms with Crippen LogP contribution in [0.25, 0.3) is 0 Å². The summed E-state index contributed by atoms with van der Waals surface area (Å²) in [4.78, 5) is 18.0. The molecule has 1 unspecified atom stereocenters. The number of hydrogen-bond donors (Lipinski definition) is 2. The van der Waals surface area contributed by atoms with Crippen LogP contribution in [0.3, 0.4) is 0 Å². The summed E-state index contributed by atoms with van der Waals surface area (Å²) in [6.45, 7) is 3.25. The number of anilines is 1. The van der Waals surface area contributed by atoms with Crippen LogP contribution in [0.5, 0.6) is 0 Å². The predicted octanol–water partition coefficient (Wildman–Crippen LogP) is 0.336. The maximum atomic E-state index is 11.2. The van der Waals surface area contributed by atoms with Gasteiger partial charge in [-0.25, -0.2) is 4.98 Å². The van der Waals surface area contributed by atoms with Gasteiger partial charge in [0.05, 0.1) is 11.5 Å². The molecule has 0 saturated carbocycles. The van der Waals surface area contributed by atoms with Crippen molar-refractivity contribution in [1.29, 1.82) is 0 Å². The lowest BCUT2D eigenvalue weighted by atomic mass is 10.1. The first-order chi connectivity index (χ1) is 8.49. The lowest BCUT2D eigenvalue weighted by molar-refractivity contribution is -0.121. The Kier molecular flexibility index (Phi) is 3.47. The summed E-state index contributed by atoms with van der Waals surface area (Å²) >= 11 is 5.03. The molecule has 0 radical (unpaired) electrons. The van der Waals surface area contributed by atoms with Crippen molar-refractivity contribution in [3.8, 4) is 0 Å². The van der Waals surface area contributed by atoms with Gasteiger partial charge >= 0.3 is 0 Å². The fourth-order valence-corrected chi connectivity index (χ4v) is 2.32. The first kappa shape index (κ1) is 12.8. The molecule has 1 fully saturated rings. The van der Waals surface area contributed by atoms with Crippen LogP contribution >= 0.6 is 12.2 Å². The highest BCUT2D eigenvalue weighted by atomic mass is 32.1. The molecule has 5 nitrogen and oxygen atoms in total. The average Bonchev–Trinajstić information content (AvgIpc) is 2.77. The molecular formula is C12H16N4OS. The molecule has 1 atom stereocenters. The van der Waals surface area contributed by atoms with Gasteiger partial charge in [0, 0.05) is 18.8 Å². The molecule has 2 rings (SSSR count). The van der Waals surface area contributed by atoms with E-state index in [4.69, 9.17) is 23.7 Å². The average molecular weight is 264 g/mol. The highest BCUT2D eigenvalue weighted by Crippen LogP contribution is 2.25. The SMILES string of the molecule is Cc1ccc(C(N)=S)c(N2CCC(C(N)=O)C2)n1. The molecule has 0 bridgehead atoms. The monoisotopic (exact) mass is 264 g/mol. The van der Waals surface area contributed by atoms with Crippen molar-refractivity contribution in [2.45, 2.75) is 13.3 Å². The maximum Gasteiger partial charge on any atom is 0.222 e. The normalized spacial score (nSPS) is 18.9. The summed E-state index contributed by atoms with van der Waals surface area (Å²) in [6, 6.07) is 3.75. The van der Waals surface area contributed by atoms with Crippen LogP contribution in [0.2, 0.25) is 0 Å². The number of thiocarbonyl (C=S) groups is 1. The van der Waals surface area contributed by atoms with Gasteiger partial charge in [-0.3, -0.25) is 4.79 Å². The predicted molar refractivity (Wildman–Crippen MR) is 74.4 cm³/mol. The van der Waals surface area contributed by atoms with E-state index in [0.29, 0.717) is 11.5 Å². The van der Waals surface area contributed by atoms with Crippen molar-refractivity contribution < 1.29 is 4.79 Å². The van der Waals surface area contributed by atoms with Crippen LogP contribution in [0.4, 0.5) is 5.82 Å². The van der Waals surface area contributed by atoms with Crippen LogP contribution in [0.15, 0.2) is 12.1 Å². The van der Waals surface area contributed by atoms with E-state index in [1.165, 1.54) is 0 Å². The van der Waals surface area contributed by atoms with Crippen molar-refractivity contribution in [3.63, 3.8) is 0 Å². The number of primary amides is 1. The third-order valence-corrected chi connectivity index (χ3v) is 3.39. The van der Waals surface area contributed by atoms with Gasteiger partial charge in [0.2, 0.25) is 5.91 Å². The van der Waals surface area contributed by atoms with Gasteiger partial charge in [0.1, 0.15) is 10.8 Å². The van der Waals surface area contributed by atoms with E-state index in [1.807, 2.05) is 24.0 Å². The van der Waals surface area contributed by atoms with Crippen LogP contribution in [0, 0.1) is 12.8 Å². The van der Waals surface area contributed by atoms with Crippen molar-refractivity contribution in [2.24, 2.45) is 17.4 Å². The molecule has 1 saturated heterocycles.